The lowest BCUT2D eigenvalue weighted by Gasteiger charge is -2.16. The van der Waals surface area contributed by atoms with Gasteiger partial charge in [-0.25, -0.2) is 4.39 Å². The highest BCUT2D eigenvalue weighted by Gasteiger charge is 2.10. The first-order valence-electron chi connectivity index (χ1n) is 6.33. The molecule has 5 heteroatoms. The Morgan fingerprint density at radius 3 is 2.85 bits per heavy atom. The zero-order chi connectivity index (χ0) is 14.4. The second-order valence-corrected chi connectivity index (χ2v) is 6.42. The number of rotatable bonds is 6. The van der Waals surface area contributed by atoms with Gasteiger partial charge in [0.25, 0.3) is 0 Å². The second-order valence-electron chi connectivity index (χ2n) is 4.44. The Hall–Kier alpha value is -0.910. The smallest absolute Gasteiger partial charge is 0.136 e. The third-order valence-corrected chi connectivity index (χ3v) is 4.57. The Kier molecular flexibility index (Phi) is 6.01. The standard InChI is InChI=1S/C15H16BrFN2S/c1-18-13(7-11-6-12(16)9-19-8-11)10-20-15-5-3-2-4-14(15)17/h2-6,8-9,13,18H,7,10H2,1H3. The van der Waals surface area contributed by atoms with Crippen LogP contribution in [0.25, 0.3) is 0 Å². The monoisotopic (exact) mass is 354 g/mol. The number of nitrogens with one attached hydrogen (secondary N) is 1. The molecule has 0 saturated heterocycles. The summed E-state index contributed by atoms with van der Waals surface area (Å²) in [6.45, 7) is 0. The minimum absolute atomic E-state index is 0.156. The van der Waals surface area contributed by atoms with Gasteiger partial charge in [0.05, 0.1) is 0 Å². The number of likely N-dealkylation sites (N-methyl/N-ethyl adjacent to an activating group) is 1. The van der Waals surface area contributed by atoms with E-state index in [0.717, 1.165) is 22.2 Å². The van der Waals surface area contributed by atoms with Gasteiger partial charge < -0.3 is 5.32 Å². The summed E-state index contributed by atoms with van der Waals surface area (Å²) in [7, 11) is 1.93. The van der Waals surface area contributed by atoms with Gasteiger partial charge in [0.15, 0.2) is 0 Å². The SMILES string of the molecule is CNC(CSc1ccccc1F)Cc1cncc(Br)c1. The molecule has 0 amide bonds. The minimum atomic E-state index is -0.156. The molecule has 0 bridgehead atoms. The number of nitrogens with zero attached hydrogens (tertiary/aromatic N) is 1. The van der Waals surface area contributed by atoms with Crippen molar-refractivity contribution < 1.29 is 4.39 Å². The van der Waals surface area contributed by atoms with Crippen LogP contribution in [-0.2, 0) is 6.42 Å². The molecular formula is C15H16BrFN2S. The van der Waals surface area contributed by atoms with Gasteiger partial charge in [-0.3, -0.25) is 4.98 Å². The van der Waals surface area contributed by atoms with Gasteiger partial charge in [-0.2, -0.15) is 0 Å². The summed E-state index contributed by atoms with van der Waals surface area (Å²) in [6.07, 6.45) is 4.50. The molecule has 20 heavy (non-hydrogen) atoms. The lowest BCUT2D eigenvalue weighted by molar-refractivity contribution is 0.598. The summed E-state index contributed by atoms with van der Waals surface area (Å²) in [5, 5.41) is 3.27. The van der Waals surface area contributed by atoms with E-state index in [2.05, 4.69) is 32.3 Å². The number of benzene rings is 1. The molecule has 0 spiro atoms. The van der Waals surface area contributed by atoms with Crippen LogP contribution in [0.15, 0.2) is 52.1 Å². The number of thioether (sulfide) groups is 1. The summed E-state index contributed by atoms with van der Waals surface area (Å²) in [5.41, 5.74) is 1.16. The van der Waals surface area contributed by atoms with Crippen molar-refractivity contribution in [3.05, 3.63) is 58.6 Å². The van der Waals surface area contributed by atoms with Crippen LogP contribution in [0.3, 0.4) is 0 Å². The Morgan fingerprint density at radius 1 is 1.35 bits per heavy atom. The lowest BCUT2D eigenvalue weighted by atomic mass is 10.1. The molecule has 2 aromatic rings. The highest BCUT2D eigenvalue weighted by molar-refractivity contribution is 9.10. The van der Waals surface area contributed by atoms with E-state index in [0.29, 0.717) is 4.90 Å². The van der Waals surface area contributed by atoms with Crippen molar-refractivity contribution in [1.82, 2.24) is 10.3 Å². The summed E-state index contributed by atoms with van der Waals surface area (Å²) in [6, 6.07) is 9.21. The first-order chi connectivity index (χ1) is 9.69. The molecule has 1 heterocycles. The quantitative estimate of drug-likeness (QED) is 0.796. The highest BCUT2D eigenvalue weighted by Crippen LogP contribution is 2.22. The van der Waals surface area contributed by atoms with E-state index in [-0.39, 0.29) is 11.9 Å². The molecule has 1 atom stereocenters. The average Bonchev–Trinajstić information content (AvgIpc) is 2.45. The molecule has 0 aliphatic rings. The molecule has 1 aromatic heterocycles. The molecule has 0 saturated carbocycles. The van der Waals surface area contributed by atoms with Crippen LogP contribution >= 0.6 is 27.7 Å². The van der Waals surface area contributed by atoms with E-state index in [4.69, 9.17) is 0 Å². The third-order valence-electron chi connectivity index (χ3n) is 2.93. The Labute approximate surface area is 131 Å². The largest absolute Gasteiger partial charge is 0.316 e. The van der Waals surface area contributed by atoms with Gasteiger partial charge in [-0.1, -0.05) is 12.1 Å². The summed E-state index contributed by atoms with van der Waals surface area (Å²) >= 11 is 4.96. The first-order valence-corrected chi connectivity index (χ1v) is 8.11. The van der Waals surface area contributed by atoms with E-state index in [1.807, 2.05) is 25.4 Å². The van der Waals surface area contributed by atoms with Crippen LogP contribution in [0.2, 0.25) is 0 Å². The molecule has 1 unspecified atom stereocenters. The highest BCUT2D eigenvalue weighted by atomic mass is 79.9. The molecule has 0 radical (unpaired) electrons. The topological polar surface area (TPSA) is 24.9 Å². The molecule has 2 rings (SSSR count). The summed E-state index contributed by atoms with van der Waals surface area (Å²) in [5.74, 6) is 0.653. The van der Waals surface area contributed by atoms with Gasteiger partial charge in [0.2, 0.25) is 0 Å². The number of aromatic nitrogens is 1. The Morgan fingerprint density at radius 2 is 2.15 bits per heavy atom. The zero-order valence-electron chi connectivity index (χ0n) is 11.1. The van der Waals surface area contributed by atoms with Crippen molar-refractivity contribution >= 4 is 27.7 Å². The van der Waals surface area contributed by atoms with E-state index in [1.165, 1.54) is 17.8 Å². The molecule has 1 N–H and O–H groups in total. The number of pyridine rings is 1. The van der Waals surface area contributed by atoms with Crippen LogP contribution in [0.5, 0.6) is 0 Å². The summed E-state index contributed by atoms with van der Waals surface area (Å²) in [4.78, 5) is 4.86. The Balaban J connectivity index is 1.94. The fourth-order valence-electron chi connectivity index (χ4n) is 1.85. The van der Waals surface area contributed by atoms with Crippen molar-refractivity contribution in [2.75, 3.05) is 12.8 Å². The maximum absolute atomic E-state index is 13.6. The van der Waals surface area contributed by atoms with Crippen molar-refractivity contribution in [1.29, 1.82) is 0 Å². The van der Waals surface area contributed by atoms with E-state index < -0.39 is 0 Å². The molecule has 0 fully saturated rings. The maximum Gasteiger partial charge on any atom is 0.136 e. The first kappa shape index (κ1) is 15.5. The van der Waals surface area contributed by atoms with Gasteiger partial charge in [0.1, 0.15) is 5.82 Å². The van der Waals surface area contributed by atoms with Crippen LogP contribution in [0.1, 0.15) is 5.56 Å². The predicted octanol–water partition coefficient (Wildman–Crippen LogP) is 3.91. The van der Waals surface area contributed by atoms with Crippen LogP contribution < -0.4 is 5.32 Å². The lowest BCUT2D eigenvalue weighted by Crippen LogP contribution is -2.30. The second kappa shape index (κ2) is 7.76. The maximum atomic E-state index is 13.6. The van der Waals surface area contributed by atoms with Gasteiger partial charge in [-0.05, 0) is 53.2 Å². The van der Waals surface area contributed by atoms with Crippen molar-refractivity contribution in [3.63, 3.8) is 0 Å². The van der Waals surface area contributed by atoms with Crippen molar-refractivity contribution in [2.24, 2.45) is 0 Å². The van der Waals surface area contributed by atoms with Crippen LogP contribution in [0.4, 0.5) is 4.39 Å². The molecular weight excluding hydrogens is 339 g/mol. The van der Waals surface area contributed by atoms with Gasteiger partial charge in [0, 0.05) is 33.6 Å². The zero-order valence-corrected chi connectivity index (χ0v) is 13.5. The molecule has 1 aromatic carbocycles. The fraction of sp³-hybridized carbons (Fsp3) is 0.267. The number of hydrogen-bond donors (Lipinski definition) is 1. The fourth-order valence-corrected chi connectivity index (χ4v) is 3.31. The van der Waals surface area contributed by atoms with Gasteiger partial charge >= 0.3 is 0 Å². The predicted molar refractivity (Wildman–Crippen MR) is 85.6 cm³/mol. The van der Waals surface area contributed by atoms with E-state index >= 15 is 0 Å². The van der Waals surface area contributed by atoms with Crippen LogP contribution in [0, 0.1) is 5.82 Å². The number of halogens is 2. The van der Waals surface area contributed by atoms with Crippen molar-refractivity contribution in [3.8, 4) is 0 Å². The van der Waals surface area contributed by atoms with Crippen LogP contribution in [-0.4, -0.2) is 23.8 Å². The normalized spacial score (nSPS) is 12.3. The minimum Gasteiger partial charge on any atom is -0.316 e. The summed E-state index contributed by atoms with van der Waals surface area (Å²) < 4.78 is 14.5. The Bertz CT molecular complexity index is 565. The van der Waals surface area contributed by atoms with Crippen molar-refractivity contribution in [2.45, 2.75) is 17.4 Å². The molecule has 0 aliphatic heterocycles. The molecule has 0 aliphatic carbocycles. The third kappa shape index (κ3) is 4.58. The molecule has 2 nitrogen and oxygen atoms in total. The average molecular weight is 355 g/mol. The van der Waals surface area contributed by atoms with Gasteiger partial charge in [-0.15, -0.1) is 11.8 Å². The molecule has 106 valence electrons. The number of hydrogen-bond acceptors (Lipinski definition) is 3. The van der Waals surface area contributed by atoms with E-state index in [1.54, 1.807) is 12.3 Å². The van der Waals surface area contributed by atoms with E-state index in [9.17, 15) is 4.39 Å².